The summed E-state index contributed by atoms with van der Waals surface area (Å²) in [5.74, 6) is 0. The van der Waals surface area contributed by atoms with Crippen molar-refractivity contribution in [2.45, 2.75) is 51.2 Å². The monoisotopic (exact) mass is 466 g/mol. The molecule has 0 saturated carbocycles. The molecule has 154 valence electrons. The van der Waals surface area contributed by atoms with Gasteiger partial charge in [-0.15, -0.1) is 33.2 Å². The Morgan fingerprint density at radius 1 is 0.897 bits per heavy atom. The zero-order valence-corrected chi connectivity index (χ0v) is 19.9. The number of halogens is 4. The lowest BCUT2D eigenvalue weighted by Gasteiger charge is -2.17. The molecule has 0 aromatic heterocycles. The quantitative estimate of drug-likeness (QED) is 0.152. The van der Waals surface area contributed by atoms with Crippen LogP contribution in [0.5, 0.6) is 0 Å². The lowest BCUT2D eigenvalue weighted by molar-refractivity contribution is 0.345. The molecule has 0 bridgehead atoms. The smallest absolute Gasteiger partial charge is 0.242 e. The minimum Gasteiger partial charge on any atom is -0.242 e. The van der Waals surface area contributed by atoms with E-state index in [2.05, 4.69) is 49.4 Å². The zero-order valence-electron chi connectivity index (χ0n) is 16.6. The molecule has 0 N–H and O–H groups in total. The van der Waals surface area contributed by atoms with Crippen LogP contribution in [-0.4, -0.2) is 6.00 Å². The van der Waals surface area contributed by atoms with E-state index in [1.54, 1.807) is 0 Å². The predicted molar refractivity (Wildman–Crippen MR) is 131 cm³/mol. The molecule has 29 heavy (non-hydrogen) atoms. The molecule has 3 aromatic rings. The minimum absolute atomic E-state index is 0.492. The van der Waals surface area contributed by atoms with Crippen molar-refractivity contribution in [3.63, 3.8) is 0 Å². The van der Waals surface area contributed by atoms with E-state index >= 15 is 0 Å². The molecule has 1 aliphatic carbocycles. The van der Waals surface area contributed by atoms with E-state index in [1.807, 2.05) is 18.2 Å². The van der Waals surface area contributed by atoms with Crippen LogP contribution < -0.4 is 0 Å². The summed E-state index contributed by atoms with van der Waals surface area (Å²) in [5.41, 5.74) is 1.87. The Kier molecular flexibility index (Phi) is 8.04. The third-order valence-electron chi connectivity index (χ3n) is 5.28. The number of fused-ring (bicyclic) bond motifs is 5. The van der Waals surface area contributed by atoms with Crippen LogP contribution in [0, 0.1) is 0 Å². The number of hydrogen-bond acceptors (Lipinski definition) is 0. The molecule has 0 fully saturated rings. The van der Waals surface area contributed by atoms with Crippen LogP contribution in [0.15, 0.2) is 54.6 Å². The SMILES string of the molecule is CCCCCC[Si](Cl)(Cl)Cl.FC1CC=Cc2c1ccc1c2ccc2ccccc21. The summed E-state index contributed by atoms with van der Waals surface area (Å²) in [6.45, 7) is 2.17. The first-order valence-corrected chi connectivity index (χ1v) is 15.5. The van der Waals surface area contributed by atoms with Crippen LogP contribution in [-0.2, 0) is 0 Å². The molecule has 0 aliphatic heterocycles. The fourth-order valence-electron chi connectivity index (χ4n) is 3.77. The highest BCUT2D eigenvalue weighted by atomic mass is 35.8. The maximum Gasteiger partial charge on any atom is 0.341 e. The summed E-state index contributed by atoms with van der Waals surface area (Å²) in [6, 6.07) is 15.1. The van der Waals surface area contributed by atoms with Gasteiger partial charge < -0.3 is 0 Å². The van der Waals surface area contributed by atoms with Crippen LogP contribution in [0.4, 0.5) is 4.39 Å². The maximum absolute atomic E-state index is 14.0. The van der Waals surface area contributed by atoms with Crippen molar-refractivity contribution in [2.75, 3.05) is 0 Å². The Bertz CT molecular complexity index is 994. The van der Waals surface area contributed by atoms with Crippen LogP contribution in [0.25, 0.3) is 27.6 Å². The average Bonchev–Trinajstić information content (AvgIpc) is 2.71. The first kappa shape index (κ1) is 22.6. The molecule has 0 amide bonds. The molecule has 5 heteroatoms. The van der Waals surface area contributed by atoms with Gasteiger partial charge in [0, 0.05) is 6.42 Å². The van der Waals surface area contributed by atoms with Gasteiger partial charge in [-0.25, -0.2) is 4.39 Å². The van der Waals surface area contributed by atoms with Crippen molar-refractivity contribution < 1.29 is 4.39 Å². The lowest BCUT2D eigenvalue weighted by atomic mass is 9.89. The molecule has 1 aliphatic rings. The van der Waals surface area contributed by atoms with Gasteiger partial charge in [0.05, 0.1) is 0 Å². The molecule has 0 heterocycles. The van der Waals surface area contributed by atoms with Gasteiger partial charge in [0.1, 0.15) is 6.17 Å². The number of allylic oxidation sites excluding steroid dienone is 1. The summed E-state index contributed by atoms with van der Waals surface area (Å²) < 4.78 is 14.0. The normalized spacial score (nSPS) is 15.8. The number of rotatable bonds is 5. The van der Waals surface area contributed by atoms with Gasteiger partial charge in [-0.2, -0.15) is 0 Å². The third kappa shape index (κ3) is 5.98. The molecule has 0 spiro atoms. The van der Waals surface area contributed by atoms with E-state index in [0.29, 0.717) is 6.42 Å². The Morgan fingerprint density at radius 3 is 2.41 bits per heavy atom. The second kappa shape index (κ2) is 10.3. The Hall–Kier alpha value is -1.06. The van der Waals surface area contributed by atoms with Crippen LogP contribution in [0.1, 0.15) is 56.3 Å². The number of benzene rings is 3. The lowest BCUT2D eigenvalue weighted by Crippen LogP contribution is -2.07. The van der Waals surface area contributed by atoms with E-state index in [0.717, 1.165) is 29.0 Å². The second-order valence-corrected chi connectivity index (χ2v) is 16.8. The topological polar surface area (TPSA) is 0 Å². The van der Waals surface area contributed by atoms with E-state index in [1.165, 1.54) is 35.4 Å². The molecular formula is C24H26Cl3FSi. The molecule has 1 unspecified atom stereocenters. The maximum atomic E-state index is 14.0. The first-order valence-electron chi connectivity index (χ1n) is 10.2. The highest BCUT2D eigenvalue weighted by molar-refractivity contribution is 7.64. The van der Waals surface area contributed by atoms with E-state index < -0.39 is 12.2 Å². The molecular weight excluding hydrogens is 442 g/mol. The highest BCUT2D eigenvalue weighted by Crippen LogP contribution is 2.37. The standard InChI is InChI=1S/C18H13F.C6H13Cl3Si/c19-18-7-3-6-14-16-9-8-12-4-1-2-5-13(12)15(16)10-11-17(14)18;1-2-3-4-5-6-10(7,8)9/h1-6,8-11,18H,7H2;2-6H2,1H3. The highest BCUT2D eigenvalue weighted by Gasteiger charge is 2.23. The van der Waals surface area contributed by atoms with E-state index in [-0.39, 0.29) is 0 Å². The van der Waals surface area contributed by atoms with E-state index in [4.69, 9.17) is 33.2 Å². The van der Waals surface area contributed by atoms with Crippen molar-refractivity contribution in [3.8, 4) is 0 Å². The van der Waals surface area contributed by atoms with Gasteiger partial charge in [-0.05, 0) is 38.7 Å². The zero-order chi connectivity index (χ0) is 20.9. The second-order valence-electron chi connectivity index (χ2n) is 7.48. The van der Waals surface area contributed by atoms with Gasteiger partial charge in [0.2, 0.25) is 0 Å². The fraction of sp³-hybridized carbons (Fsp3) is 0.333. The summed E-state index contributed by atoms with van der Waals surface area (Å²) in [4.78, 5) is 0. The van der Waals surface area contributed by atoms with Gasteiger partial charge in [-0.3, -0.25) is 0 Å². The molecule has 0 saturated heterocycles. The van der Waals surface area contributed by atoms with Crippen molar-refractivity contribution in [2.24, 2.45) is 0 Å². The fourth-order valence-corrected chi connectivity index (χ4v) is 5.63. The molecule has 1 atom stereocenters. The Labute approximate surface area is 187 Å². The number of unbranched alkanes of at least 4 members (excludes halogenated alkanes) is 3. The third-order valence-corrected chi connectivity index (χ3v) is 7.90. The van der Waals surface area contributed by atoms with Crippen LogP contribution in [0.3, 0.4) is 0 Å². The molecule has 0 radical (unpaired) electrons. The van der Waals surface area contributed by atoms with Gasteiger partial charge in [-0.1, -0.05) is 93.3 Å². The molecule has 3 aromatic carbocycles. The minimum atomic E-state index is -2.29. The molecule has 0 nitrogen and oxygen atoms in total. The summed E-state index contributed by atoms with van der Waals surface area (Å²) in [5, 5.41) is 4.81. The largest absolute Gasteiger partial charge is 0.341 e. The number of alkyl halides is 1. The van der Waals surface area contributed by atoms with Crippen LogP contribution >= 0.6 is 33.2 Å². The summed E-state index contributed by atoms with van der Waals surface area (Å²) in [7, 11) is 0. The average molecular weight is 468 g/mol. The predicted octanol–water partition coefficient (Wildman–Crippen LogP) is 9.64. The van der Waals surface area contributed by atoms with E-state index in [9.17, 15) is 4.39 Å². The Morgan fingerprint density at radius 2 is 1.66 bits per heavy atom. The van der Waals surface area contributed by atoms with Crippen molar-refractivity contribution in [1.29, 1.82) is 0 Å². The Balaban J connectivity index is 0.000000207. The van der Waals surface area contributed by atoms with Gasteiger partial charge in [0.25, 0.3) is 0 Å². The van der Waals surface area contributed by atoms with Crippen molar-refractivity contribution in [1.82, 2.24) is 0 Å². The van der Waals surface area contributed by atoms with Crippen molar-refractivity contribution in [3.05, 3.63) is 65.7 Å². The summed E-state index contributed by atoms with van der Waals surface area (Å²) >= 11 is 17.0. The van der Waals surface area contributed by atoms with Gasteiger partial charge in [0.15, 0.2) is 0 Å². The van der Waals surface area contributed by atoms with Gasteiger partial charge >= 0.3 is 6.00 Å². The summed E-state index contributed by atoms with van der Waals surface area (Å²) in [6.07, 6.45) is 8.40. The first-order chi connectivity index (χ1) is 13.9. The number of hydrogen-bond donors (Lipinski definition) is 0. The van der Waals surface area contributed by atoms with Crippen molar-refractivity contribution >= 4 is 66.9 Å². The van der Waals surface area contributed by atoms with Crippen LogP contribution in [0.2, 0.25) is 6.04 Å². The molecule has 4 rings (SSSR count).